The van der Waals surface area contributed by atoms with Gasteiger partial charge in [0.1, 0.15) is 0 Å². The van der Waals surface area contributed by atoms with Crippen LogP contribution < -0.4 is 10.6 Å². The highest BCUT2D eigenvalue weighted by Crippen LogP contribution is 2.14. The van der Waals surface area contributed by atoms with Crippen LogP contribution in [0.25, 0.3) is 0 Å². The molecular weight excluding hydrogens is 232 g/mol. The van der Waals surface area contributed by atoms with Crippen LogP contribution in [-0.4, -0.2) is 23.7 Å². The van der Waals surface area contributed by atoms with E-state index in [1.165, 1.54) is 0 Å². The van der Waals surface area contributed by atoms with Gasteiger partial charge in [-0.3, -0.25) is 4.79 Å². The zero-order valence-electron chi connectivity index (χ0n) is 10.4. The molecule has 98 valence electrons. The Labute approximate surface area is 106 Å². The first-order valence-electron chi connectivity index (χ1n) is 5.98. The second-order valence-corrected chi connectivity index (χ2v) is 3.89. The van der Waals surface area contributed by atoms with Crippen molar-refractivity contribution in [3.05, 3.63) is 29.8 Å². The molecule has 18 heavy (non-hydrogen) atoms. The Morgan fingerprint density at radius 2 is 2.00 bits per heavy atom. The maximum Gasteiger partial charge on any atom is 0.319 e. The van der Waals surface area contributed by atoms with Gasteiger partial charge in [-0.1, -0.05) is 25.1 Å². The molecule has 1 rings (SSSR count). The molecule has 0 aliphatic carbocycles. The van der Waals surface area contributed by atoms with Crippen LogP contribution in [0.2, 0.25) is 0 Å². The molecule has 2 amide bonds. The maximum atomic E-state index is 11.6. The monoisotopic (exact) mass is 250 g/mol. The van der Waals surface area contributed by atoms with E-state index in [0.717, 1.165) is 17.7 Å². The number of hydrogen-bond donors (Lipinski definition) is 3. The molecule has 0 atom stereocenters. The number of hydrogen-bond acceptors (Lipinski definition) is 2. The van der Waals surface area contributed by atoms with Gasteiger partial charge in [-0.25, -0.2) is 4.79 Å². The minimum Gasteiger partial charge on any atom is -0.481 e. The highest BCUT2D eigenvalue weighted by Gasteiger charge is 2.04. The van der Waals surface area contributed by atoms with E-state index < -0.39 is 5.97 Å². The number of aryl methyl sites for hydroxylation is 1. The second kappa shape index (κ2) is 7.32. The highest BCUT2D eigenvalue weighted by atomic mass is 16.4. The van der Waals surface area contributed by atoms with Gasteiger partial charge < -0.3 is 15.7 Å². The third-order valence-corrected chi connectivity index (χ3v) is 2.50. The summed E-state index contributed by atoms with van der Waals surface area (Å²) in [6.07, 6.45) is 1.33. The minimum absolute atomic E-state index is 0.0613. The number of aliphatic carboxylic acids is 1. The summed E-state index contributed by atoms with van der Waals surface area (Å²) in [5, 5.41) is 13.8. The summed E-state index contributed by atoms with van der Waals surface area (Å²) in [7, 11) is 0. The summed E-state index contributed by atoms with van der Waals surface area (Å²) in [5.41, 5.74) is 1.86. The maximum absolute atomic E-state index is 11.6. The van der Waals surface area contributed by atoms with Crippen LogP contribution in [0.3, 0.4) is 0 Å². The molecular formula is C13H18N2O3. The molecule has 0 aliphatic heterocycles. The smallest absolute Gasteiger partial charge is 0.319 e. The van der Waals surface area contributed by atoms with Gasteiger partial charge in [0.25, 0.3) is 0 Å². The number of carboxylic acid groups (broad SMARTS) is 1. The zero-order chi connectivity index (χ0) is 13.4. The van der Waals surface area contributed by atoms with Crippen molar-refractivity contribution in [2.24, 2.45) is 0 Å². The molecule has 1 aromatic carbocycles. The number of amides is 2. The SMILES string of the molecule is CCc1ccccc1NC(=O)NCCCC(=O)O. The Kier molecular flexibility index (Phi) is 5.70. The van der Waals surface area contributed by atoms with Crippen LogP contribution in [0, 0.1) is 0 Å². The van der Waals surface area contributed by atoms with E-state index in [-0.39, 0.29) is 12.5 Å². The highest BCUT2D eigenvalue weighted by molar-refractivity contribution is 5.90. The quantitative estimate of drug-likeness (QED) is 0.677. The summed E-state index contributed by atoms with van der Waals surface area (Å²) in [5.74, 6) is -0.853. The Morgan fingerprint density at radius 3 is 2.67 bits per heavy atom. The topological polar surface area (TPSA) is 78.4 Å². The molecule has 5 heteroatoms. The molecule has 0 saturated heterocycles. The standard InChI is InChI=1S/C13H18N2O3/c1-2-10-6-3-4-7-11(10)15-13(18)14-9-5-8-12(16)17/h3-4,6-7H,2,5,8-9H2,1H3,(H,16,17)(H2,14,15,18). The van der Waals surface area contributed by atoms with Crippen LogP contribution in [-0.2, 0) is 11.2 Å². The van der Waals surface area contributed by atoms with E-state index in [2.05, 4.69) is 10.6 Å². The summed E-state index contributed by atoms with van der Waals surface area (Å²) in [4.78, 5) is 21.8. The number of benzene rings is 1. The number of anilines is 1. The largest absolute Gasteiger partial charge is 0.481 e. The first-order chi connectivity index (χ1) is 8.63. The molecule has 0 saturated carbocycles. The van der Waals surface area contributed by atoms with Gasteiger partial charge in [0, 0.05) is 18.7 Å². The van der Waals surface area contributed by atoms with Crippen molar-refractivity contribution in [2.45, 2.75) is 26.2 Å². The van der Waals surface area contributed by atoms with Crippen molar-refractivity contribution in [2.75, 3.05) is 11.9 Å². The first kappa shape index (κ1) is 14.0. The Bertz CT molecular complexity index is 418. The molecule has 0 bridgehead atoms. The van der Waals surface area contributed by atoms with Gasteiger partial charge in [0.15, 0.2) is 0 Å². The average Bonchev–Trinajstić information content (AvgIpc) is 2.35. The van der Waals surface area contributed by atoms with Crippen LogP contribution in [0.4, 0.5) is 10.5 Å². The fraction of sp³-hybridized carbons (Fsp3) is 0.385. The summed E-state index contributed by atoms with van der Waals surface area (Å²) < 4.78 is 0. The molecule has 1 aromatic rings. The molecule has 0 aliphatic rings. The molecule has 3 N–H and O–H groups in total. The third kappa shape index (κ3) is 4.86. The minimum atomic E-state index is -0.853. The number of carboxylic acids is 1. The van der Waals surface area contributed by atoms with E-state index in [1.807, 2.05) is 31.2 Å². The number of carbonyl (C=O) groups excluding carboxylic acids is 1. The van der Waals surface area contributed by atoms with Gasteiger partial charge in [-0.15, -0.1) is 0 Å². The molecule has 0 heterocycles. The lowest BCUT2D eigenvalue weighted by atomic mass is 10.1. The molecule has 5 nitrogen and oxygen atoms in total. The van der Waals surface area contributed by atoms with E-state index in [9.17, 15) is 9.59 Å². The lowest BCUT2D eigenvalue weighted by molar-refractivity contribution is -0.137. The number of para-hydroxylation sites is 1. The first-order valence-corrected chi connectivity index (χ1v) is 5.98. The Balaban J connectivity index is 2.37. The third-order valence-electron chi connectivity index (χ3n) is 2.50. The average molecular weight is 250 g/mol. The van der Waals surface area contributed by atoms with E-state index in [4.69, 9.17) is 5.11 Å². The molecule has 0 aromatic heterocycles. The van der Waals surface area contributed by atoms with Crippen molar-refractivity contribution in [1.29, 1.82) is 0 Å². The molecule has 0 fully saturated rings. The van der Waals surface area contributed by atoms with Crippen LogP contribution >= 0.6 is 0 Å². The Hall–Kier alpha value is -2.04. The van der Waals surface area contributed by atoms with Gasteiger partial charge in [-0.05, 0) is 24.5 Å². The fourth-order valence-electron chi connectivity index (χ4n) is 1.56. The van der Waals surface area contributed by atoms with Crippen molar-refractivity contribution < 1.29 is 14.7 Å². The normalized spacial score (nSPS) is 9.83. The Morgan fingerprint density at radius 1 is 1.28 bits per heavy atom. The molecule has 0 radical (unpaired) electrons. The van der Waals surface area contributed by atoms with Crippen molar-refractivity contribution in [1.82, 2.24) is 5.32 Å². The summed E-state index contributed by atoms with van der Waals surface area (Å²) in [6, 6.07) is 7.28. The predicted molar refractivity (Wildman–Crippen MR) is 69.7 cm³/mol. The summed E-state index contributed by atoms with van der Waals surface area (Å²) in [6.45, 7) is 2.37. The fourth-order valence-corrected chi connectivity index (χ4v) is 1.56. The van der Waals surface area contributed by atoms with Gasteiger partial charge in [-0.2, -0.15) is 0 Å². The van der Waals surface area contributed by atoms with Gasteiger partial charge in [0.2, 0.25) is 0 Å². The second-order valence-electron chi connectivity index (χ2n) is 3.89. The number of nitrogens with one attached hydrogen (secondary N) is 2. The molecule has 0 unspecified atom stereocenters. The predicted octanol–water partition coefficient (Wildman–Crippen LogP) is 2.24. The van der Waals surface area contributed by atoms with Crippen molar-refractivity contribution in [3.63, 3.8) is 0 Å². The summed E-state index contributed by atoms with van der Waals surface area (Å²) >= 11 is 0. The lowest BCUT2D eigenvalue weighted by Gasteiger charge is -2.10. The molecule has 0 spiro atoms. The lowest BCUT2D eigenvalue weighted by Crippen LogP contribution is -2.30. The van der Waals surface area contributed by atoms with Crippen LogP contribution in [0.5, 0.6) is 0 Å². The zero-order valence-corrected chi connectivity index (χ0v) is 10.4. The number of rotatable bonds is 6. The van der Waals surface area contributed by atoms with Crippen molar-refractivity contribution >= 4 is 17.7 Å². The number of urea groups is 1. The van der Waals surface area contributed by atoms with E-state index in [0.29, 0.717) is 13.0 Å². The van der Waals surface area contributed by atoms with Crippen molar-refractivity contribution in [3.8, 4) is 0 Å². The van der Waals surface area contributed by atoms with E-state index >= 15 is 0 Å². The van der Waals surface area contributed by atoms with Gasteiger partial charge >= 0.3 is 12.0 Å². The van der Waals surface area contributed by atoms with E-state index in [1.54, 1.807) is 0 Å². The van der Waals surface area contributed by atoms with Gasteiger partial charge in [0.05, 0.1) is 0 Å². The van der Waals surface area contributed by atoms with Crippen LogP contribution in [0.15, 0.2) is 24.3 Å². The number of carbonyl (C=O) groups is 2. The van der Waals surface area contributed by atoms with Crippen LogP contribution in [0.1, 0.15) is 25.3 Å².